The summed E-state index contributed by atoms with van der Waals surface area (Å²) in [6.45, 7) is 2.14. The van der Waals surface area contributed by atoms with Crippen molar-refractivity contribution in [2.75, 3.05) is 7.05 Å². The zero-order valence-corrected chi connectivity index (χ0v) is 11.8. The Kier molecular flexibility index (Phi) is 3.52. The van der Waals surface area contributed by atoms with Crippen molar-refractivity contribution in [3.63, 3.8) is 0 Å². The molecule has 3 rings (SSSR count). The molecule has 102 valence electrons. The number of benzene rings is 1. The maximum Gasteiger partial charge on any atom is 0.134 e. The van der Waals surface area contributed by atoms with Gasteiger partial charge in [-0.25, -0.2) is 0 Å². The van der Waals surface area contributed by atoms with Crippen molar-refractivity contribution in [1.82, 2.24) is 10.3 Å². The largest absolute Gasteiger partial charge is 0.461 e. The molecule has 3 aromatic rings. The van der Waals surface area contributed by atoms with Gasteiger partial charge in [0.1, 0.15) is 11.5 Å². The molecule has 1 aromatic carbocycles. The number of rotatable bonds is 4. The predicted molar refractivity (Wildman–Crippen MR) is 81.7 cm³/mol. The highest BCUT2D eigenvalue weighted by Crippen LogP contribution is 2.29. The van der Waals surface area contributed by atoms with E-state index in [1.165, 1.54) is 5.39 Å². The van der Waals surface area contributed by atoms with Crippen molar-refractivity contribution in [1.29, 1.82) is 0 Å². The quantitative estimate of drug-likeness (QED) is 0.783. The van der Waals surface area contributed by atoms with E-state index in [0.717, 1.165) is 28.9 Å². The summed E-state index contributed by atoms with van der Waals surface area (Å²) in [6.07, 6.45) is 4.59. The highest BCUT2D eigenvalue weighted by molar-refractivity contribution is 5.94. The zero-order valence-electron chi connectivity index (χ0n) is 11.8. The molecule has 0 radical (unpaired) electrons. The van der Waals surface area contributed by atoms with Crippen molar-refractivity contribution >= 4 is 10.8 Å². The number of pyridine rings is 1. The van der Waals surface area contributed by atoms with E-state index >= 15 is 0 Å². The normalized spacial score (nSPS) is 12.7. The predicted octanol–water partition coefficient (Wildman–Crippen LogP) is 3.65. The summed E-state index contributed by atoms with van der Waals surface area (Å²) in [4.78, 5) is 4.16. The van der Waals surface area contributed by atoms with E-state index in [9.17, 15) is 0 Å². The molecule has 2 heterocycles. The molecule has 0 bridgehead atoms. The van der Waals surface area contributed by atoms with Crippen molar-refractivity contribution in [2.45, 2.75) is 19.4 Å². The Hall–Kier alpha value is -2.13. The number of hydrogen-bond donors (Lipinski definition) is 1. The molecule has 20 heavy (non-hydrogen) atoms. The van der Waals surface area contributed by atoms with Gasteiger partial charge in [0, 0.05) is 35.8 Å². The Morgan fingerprint density at radius 1 is 1.20 bits per heavy atom. The zero-order chi connectivity index (χ0) is 13.9. The van der Waals surface area contributed by atoms with Gasteiger partial charge in [0.25, 0.3) is 0 Å². The van der Waals surface area contributed by atoms with Gasteiger partial charge in [0.2, 0.25) is 0 Å². The second-order valence-corrected chi connectivity index (χ2v) is 5.06. The lowest BCUT2D eigenvalue weighted by molar-refractivity contribution is 0.481. The first-order valence-corrected chi connectivity index (χ1v) is 6.87. The number of nitrogens with zero attached hydrogens (tertiary/aromatic N) is 1. The standard InChI is InChI=1S/C17H18N2O/c1-12(18-2)10-14-6-7-17(20-14)16-5-3-4-13-11-19-9-8-15(13)16/h3-9,11-12,18H,10H2,1-2H3. The second kappa shape index (κ2) is 5.47. The maximum atomic E-state index is 5.99. The molecule has 0 saturated carbocycles. The van der Waals surface area contributed by atoms with Crippen LogP contribution in [0.25, 0.3) is 22.1 Å². The lowest BCUT2D eigenvalue weighted by Gasteiger charge is -2.07. The lowest BCUT2D eigenvalue weighted by atomic mass is 10.1. The topological polar surface area (TPSA) is 38.1 Å². The van der Waals surface area contributed by atoms with Crippen LogP contribution < -0.4 is 5.32 Å². The van der Waals surface area contributed by atoms with Gasteiger partial charge < -0.3 is 9.73 Å². The number of hydrogen-bond acceptors (Lipinski definition) is 3. The minimum absolute atomic E-state index is 0.408. The van der Waals surface area contributed by atoms with Crippen LogP contribution in [-0.4, -0.2) is 18.1 Å². The number of aromatic nitrogens is 1. The van der Waals surface area contributed by atoms with Gasteiger partial charge in [-0.1, -0.05) is 18.2 Å². The summed E-state index contributed by atoms with van der Waals surface area (Å²) < 4.78 is 5.99. The Balaban J connectivity index is 1.99. The van der Waals surface area contributed by atoms with Gasteiger partial charge in [-0.2, -0.15) is 0 Å². The Morgan fingerprint density at radius 3 is 2.95 bits per heavy atom. The van der Waals surface area contributed by atoms with Gasteiger partial charge in [-0.3, -0.25) is 4.98 Å². The van der Waals surface area contributed by atoms with Crippen LogP contribution >= 0.6 is 0 Å². The third kappa shape index (κ3) is 2.45. The smallest absolute Gasteiger partial charge is 0.134 e. The fraction of sp³-hybridized carbons (Fsp3) is 0.235. The Labute approximate surface area is 118 Å². The monoisotopic (exact) mass is 266 g/mol. The minimum Gasteiger partial charge on any atom is -0.461 e. The SMILES string of the molecule is CNC(C)Cc1ccc(-c2cccc3cnccc23)o1. The van der Waals surface area contributed by atoms with Crippen LogP contribution in [0.4, 0.5) is 0 Å². The highest BCUT2D eigenvalue weighted by Gasteiger charge is 2.10. The van der Waals surface area contributed by atoms with Crippen LogP contribution in [0.5, 0.6) is 0 Å². The van der Waals surface area contributed by atoms with E-state index in [1.807, 2.05) is 37.6 Å². The highest BCUT2D eigenvalue weighted by atomic mass is 16.3. The molecule has 1 atom stereocenters. The van der Waals surface area contributed by atoms with Crippen molar-refractivity contribution in [3.8, 4) is 11.3 Å². The van der Waals surface area contributed by atoms with Crippen molar-refractivity contribution < 1.29 is 4.42 Å². The molecule has 1 unspecified atom stereocenters. The molecule has 3 nitrogen and oxygen atoms in total. The first-order valence-electron chi connectivity index (χ1n) is 6.87. The summed E-state index contributed by atoms with van der Waals surface area (Å²) >= 11 is 0. The van der Waals surface area contributed by atoms with E-state index < -0.39 is 0 Å². The van der Waals surface area contributed by atoms with Gasteiger partial charge in [-0.15, -0.1) is 0 Å². The number of furan rings is 1. The molecule has 0 aliphatic rings. The first-order chi connectivity index (χ1) is 9.78. The van der Waals surface area contributed by atoms with Crippen LogP contribution in [0, 0.1) is 0 Å². The summed E-state index contributed by atoms with van der Waals surface area (Å²) in [5.41, 5.74) is 1.12. The molecule has 2 aromatic heterocycles. The molecule has 1 N–H and O–H groups in total. The second-order valence-electron chi connectivity index (χ2n) is 5.06. The van der Waals surface area contributed by atoms with E-state index in [-0.39, 0.29) is 0 Å². The Morgan fingerprint density at radius 2 is 2.10 bits per heavy atom. The molecular formula is C17H18N2O. The molecule has 3 heteroatoms. The van der Waals surface area contributed by atoms with E-state index in [1.54, 1.807) is 0 Å². The van der Waals surface area contributed by atoms with Crippen molar-refractivity contribution in [3.05, 3.63) is 54.6 Å². The summed E-state index contributed by atoms with van der Waals surface area (Å²) in [6, 6.07) is 12.7. The van der Waals surface area contributed by atoms with Crippen LogP contribution in [0.15, 0.2) is 53.2 Å². The van der Waals surface area contributed by atoms with E-state index in [2.05, 4.69) is 35.4 Å². The molecule has 0 saturated heterocycles. The number of fused-ring (bicyclic) bond motifs is 1. The van der Waals surface area contributed by atoms with E-state index in [0.29, 0.717) is 6.04 Å². The van der Waals surface area contributed by atoms with Crippen LogP contribution in [0.1, 0.15) is 12.7 Å². The fourth-order valence-electron chi connectivity index (χ4n) is 2.37. The van der Waals surface area contributed by atoms with Crippen LogP contribution in [0.2, 0.25) is 0 Å². The van der Waals surface area contributed by atoms with Gasteiger partial charge in [0.05, 0.1) is 0 Å². The van der Waals surface area contributed by atoms with E-state index in [4.69, 9.17) is 4.42 Å². The first kappa shape index (κ1) is 12.9. The molecular weight excluding hydrogens is 248 g/mol. The summed E-state index contributed by atoms with van der Waals surface area (Å²) in [5.74, 6) is 1.92. The average Bonchev–Trinajstić information content (AvgIpc) is 2.94. The molecule has 0 aliphatic heterocycles. The van der Waals surface area contributed by atoms with Crippen LogP contribution in [0.3, 0.4) is 0 Å². The third-order valence-corrected chi connectivity index (χ3v) is 3.61. The van der Waals surface area contributed by atoms with Crippen LogP contribution in [-0.2, 0) is 6.42 Å². The number of likely N-dealkylation sites (N-methyl/N-ethyl adjacent to an activating group) is 1. The molecule has 0 fully saturated rings. The lowest BCUT2D eigenvalue weighted by Crippen LogP contribution is -2.23. The average molecular weight is 266 g/mol. The third-order valence-electron chi connectivity index (χ3n) is 3.61. The number of nitrogens with one attached hydrogen (secondary N) is 1. The maximum absolute atomic E-state index is 5.99. The van der Waals surface area contributed by atoms with Gasteiger partial charge >= 0.3 is 0 Å². The molecule has 0 amide bonds. The summed E-state index contributed by atoms with van der Waals surface area (Å²) in [5, 5.41) is 5.53. The molecule has 0 spiro atoms. The minimum atomic E-state index is 0.408. The molecule has 0 aliphatic carbocycles. The van der Waals surface area contributed by atoms with Crippen molar-refractivity contribution in [2.24, 2.45) is 0 Å². The van der Waals surface area contributed by atoms with Gasteiger partial charge in [0.15, 0.2) is 0 Å². The summed E-state index contributed by atoms with van der Waals surface area (Å²) in [7, 11) is 1.96. The van der Waals surface area contributed by atoms with Gasteiger partial charge in [-0.05, 0) is 37.6 Å². The fourth-order valence-corrected chi connectivity index (χ4v) is 2.37. The Bertz CT molecular complexity index is 712.